The van der Waals surface area contributed by atoms with Gasteiger partial charge >= 0.3 is 0 Å². The summed E-state index contributed by atoms with van der Waals surface area (Å²) in [6.07, 6.45) is 0. The van der Waals surface area contributed by atoms with Gasteiger partial charge in [0, 0.05) is 17.0 Å². The van der Waals surface area contributed by atoms with Gasteiger partial charge in [0.2, 0.25) is 0 Å². The third-order valence-electron chi connectivity index (χ3n) is 3.18. The fourth-order valence-corrected chi connectivity index (χ4v) is 2.11. The van der Waals surface area contributed by atoms with E-state index >= 15 is 0 Å². The Labute approximate surface area is 121 Å². The largest absolute Gasteiger partial charge is 0.497 e. The van der Waals surface area contributed by atoms with E-state index in [-0.39, 0.29) is 5.69 Å². The molecule has 0 N–H and O–H groups in total. The lowest BCUT2D eigenvalue weighted by molar-refractivity contribution is -0.385. The number of methoxy groups -OCH3 is 1. The fourth-order valence-electron chi connectivity index (χ4n) is 2.11. The van der Waals surface area contributed by atoms with Gasteiger partial charge in [-0.15, -0.1) is 0 Å². The molecule has 0 aliphatic rings. The van der Waals surface area contributed by atoms with Crippen molar-refractivity contribution < 1.29 is 9.66 Å². The summed E-state index contributed by atoms with van der Waals surface area (Å²) in [5.41, 5.74) is 2.12. The normalized spacial score (nSPS) is 10.5. The van der Waals surface area contributed by atoms with E-state index < -0.39 is 4.92 Å². The van der Waals surface area contributed by atoms with Crippen molar-refractivity contribution in [2.75, 3.05) is 7.11 Å². The highest BCUT2D eigenvalue weighted by Crippen LogP contribution is 2.25. The third-order valence-corrected chi connectivity index (χ3v) is 3.18. The highest BCUT2D eigenvalue weighted by molar-refractivity contribution is 5.83. The molecular weight excluding hydrogens is 268 g/mol. The molecule has 103 valence electrons. The van der Waals surface area contributed by atoms with Crippen molar-refractivity contribution in [2.45, 2.75) is 0 Å². The number of hydrogen-bond donors (Lipinski definition) is 0. The van der Waals surface area contributed by atoms with Crippen molar-refractivity contribution >= 4 is 16.6 Å². The molecular formula is C16H11N2O3. The smallest absolute Gasteiger partial charge is 0.278 e. The van der Waals surface area contributed by atoms with Crippen LogP contribution in [0.3, 0.4) is 0 Å². The van der Waals surface area contributed by atoms with Crippen LogP contribution in [-0.2, 0) is 0 Å². The number of fused-ring (bicyclic) bond motifs is 1. The van der Waals surface area contributed by atoms with Crippen molar-refractivity contribution in [3.63, 3.8) is 0 Å². The maximum atomic E-state index is 10.8. The molecule has 3 aromatic rings. The third kappa shape index (κ3) is 2.53. The molecule has 21 heavy (non-hydrogen) atoms. The lowest BCUT2D eigenvalue weighted by Crippen LogP contribution is -1.90. The van der Waals surface area contributed by atoms with Crippen molar-refractivity contribution in [3.8, 4) is 17.0 Å². The Balaban J connectivity index is 2.08. The van der Waals surface area contributed by atoms with Crippen LogP contribution in [0, 0.1) is 16.2 Å². The number of nitrogens with zero attached hydrogens (tertiary/aromatic N) is 2. The minimum Gasteiger partial charge on any atom is -0.497 e. The molecule has 3 rings (SSSR count). The zero-order valence-corrected chi connectivity index (χ0v) is 11.2. The van der Waals surface area contributed by atoms with Crippen LogP contribution in [0.5, 0.6) is 5.75 Å². The molecule has 0 atom stereocenters. The number of aromatic nitrogens is 1. The summed E-state index contributed by atoms with van der Waals surface area (Å²) in [4.78, 5) is 14.9. The van der Waals surface area contributed by atoms with Gasteiger partial charge in [-0.2, -0.15) is 0 Å². The number of nitro groups is 1. The minimum absolute atomic E-state index is 0.0656. The lowest BCUT2D eigenvalue weighted by atomic mass is 10.1. The van der Waals surface area contributed by atoms with Crippen molar-refractivity contribution in [2.24, 2.45) is 0 Å². The van der Waals surface area contributed by atoms with E-state index in [1.807, 2.05) is 30.3 Å². The fraction of sp³-hybridized carbons (Fsp3) is 0.0625. The van der Waals surface area contributed by atoms with Crippen LogP contribution in [0.4, 0.5) is 5.69 Å². The second kappa shape index (κ2) is 5.20. The van der Waals surface area contributed by atoms with Crippen LogP contribution in [0.15, 0.2) is 48.5 Å². The van der Waals surface area contributed by atoms with Gasteiger partial charge in [-0.05, 0) is 30.3 Å². The van der Waals surface area contributed by atoms with Gasteiger partial charge in [-0.1, -0.05) is 12.1 Å². The second-order valence-electron chi connectivity index (χ2n) is 4.47. The molecule has 0 saturated heterocycles. The van der Waals surface area contributed by atoms with E-state index in [0.29, 0.717) is 11.3 Å². The average molecular weight is 279 g/mol. The molecule has 0 saturated carbocycles. The molecule has 0 spiro atoms. The van der Waals surface area contributed by atoms with E-state index in [4.69, 9.17) is 4.74 Å². The molecule has 1 aromatic heterocycles. The van der Waals surface area contributed by atoms with Crippen LogP contribution in [0.2, 0.25) is 0 Å². The average Bonchev–Trinajstić information content (AvgIpc) is 2.54. The Hall–Kier alpha value is -2.95. The van der Waals surface area contributed by atoms with Gasteiger partial charge < -0.3 is 4.74 Å². The van der Waals surface area contributed by atoms with Crippen LogP contribution >= 0.6 is 0 Å². The number of ether oxygens (including phenoxy) is 1. The van der Waals surface area contributed by atoms with Gasteiger partial charge in [0.25, 0.3) is 5.69 Å². The summed E-state index contributed by atoms with van der Waals surface area (Å²) < 4.78 is 5.17. The van der Waals surface area contributed by atoms with Crippen molar-refractivity contribution in [1.29, 1.82) is 0 Å². The van der Waals surface area contributed by atoms with E-state index in [0.717, 1.165) is 16.7 Å². The summed E-state index contributed by atoms with van der Waals surface area (Å²) in [6.45, 7) is 0. The number of hydrogen-bond acceptors (Lipinski definition) is 4. The number of pyridine rings is 1. The Morgan fingerprint density at radius 1 is 1.19 bits per heavy atom. The Bertz CT molecular complexity index is 831. The molecule has 5 heteroatoms. The molecule has 5 nitrogen and oxygen atoms in total. The second-order valence-corrected chi connectivity index (χ2v) is 4.47. The predicted octanol–water partition coefficient (Wildman–Crippen LogP) is 3.62. The molecule has 2 aromatic carbocycles. The first kappa shape index (κ1) is 13.1. The molecule has 1 heterocycles. The first-order valence-corrected chi connectivity index (χ1v) is 6.29. The van der Waals surface area contributed by atoms with Crippen LogP contribution in [0.25, 0.3) is 22.2 Å². The summed E-state index contributed by atoms with van der Waals surface area (Å²) in [6, 6.07) is 16.7. The SMILES string of the molecule is COc1ccc2nc(-c3cc[c]c([N+](=O)[O-])c3)ccc2c1. The molecule has 0 aliphatic heterocycles. The molecule has 0 amide bonds. The van der Waals surface area contributed by atoms with E-state index in [9.17, 15) is 10.1 Å². The van der Waals surface area contributed by atoms with Crippen LogP contribution in [-0.4, -0.2) is 17.0 Å². The molecule has 0 unspecified atom stereocenters. The highest BCUT2D eigenvalue weighted by atomic mass is 16.6. The first-order valence-electron chi connectivity index (χ1n) is 6.29. The van der Waals surface area contributed by atoms with Gasteiger partial charge in [0.1, 0.15) is 5.75 Å². The van der Waals surface area contributed by atoms with Crippen molar-refractivity contribution in [1.82, 2.24) is 4.98 Å². The van der Waals surface area contributed by atoms with Crippen LogP contribution in [0.1, 0.15) is 0 Å². The summed E-state index contributed by atoms with van der Waals surface area (Å²) in [5, 5.41) is 11.8. The highest BCUT2D eigenvalue weighted by Gasteiger charge is 2.09. The quantitative estimate of drug-likeness (QED) is 0.542. The van der Waals surface area contributed by atoms with E-state index in [2.05, 4.69) is 11.1 Å². The lowest BCUT2D eigenvalue weighted by Gasteiger charge is -2.05. The Kier molecular flexibility index (Phi) is 3.23. The summed E-state index contributed by atoms with van der Waals surface area (Å²) in [5.74, 6) is 0.766. The Morgan fingerprint density at radius 2 is 2.05 bits per heavy atom. The summed E-state index contributed by atoms with van der Waals surface area (Å²) in [7, 11) is 1.61. The topological polar surface area (TPSA) is 65.3 Å². The Morgan fingerprint density at radius 3 is 2.81 bits per heavy atom. The zero-order valence-electron chi connectivity index (χ0n) is 11.2. The maximum Gasteiger partial charge on any atom is 0.278 e. The van der Waals surface area contributed by atoms with Gasteiger partial charge in [-0.3, -0.25) is 10.1 Å². The van der Waals surface area contributed by atoms with E-state index in [1.165, 1.54) is 12.1 Å². The van der Waals surface area contributed by atoms with Gasteiger partial charge in [0.15, 0.2) is 0 Å². The number of nitro benzene ring substituents is 1. The number of benzene rings is 2. The molecule has 0 aliphatic carbocycles. The standard InChI is InChI=1S/C16H11N2O3/c1-21-14-6-8-16-12(10-14)5-7-15(17-16)11-3-2-4-13(9-11)18(19)20/h2-3,5-10H,1H3. The zero-order chi connectivity index (χ0) is 14.8. The summed E-state index contributed by atoms with van der Waals surface area (Å²) >= 11 is 0. The van der Waals surface area contributed by atoms with Crippen LogP contribution < -0.4 is 4.74 Å². The maximum absolute atomic E-state index is 10.8. The van der Waals surface area contributed by atoms with Gasteiger partial charge in [0.05, 0.1) is 29.3 Å². The number of rotatable bonds is 3. The number of non-ortho nitro benzene ring substituents is 1. The van der Waals surface area contributed by atoms with Crippen molar-refractivity contribution in [3.05, 3.63) is 64.7 Å². The molecule has 0 fully saturated rings. The minimum atomic E-state index is -0.463. The van der Waals surface area contributed by atoms with E-state index in [1.54, 1.807) is 13.2 Å². The first-order chi connectivity index (χ1) is 10.2. The molecule has 0 bridgehead atoms. The molecule has 1 radical (unpaired) electrons. The predicted molar refractivity (Wildman–Crippen MR) is 79.2 cm³/mol. The van der Waals surface area contributed by atoms with Gasteiger partial charge in [-0.25, -0.2) is 4.98 Å². The monoisotopic (exact) mass is 279 g/mol.